The van der Waals surface area contributed by atoms with Crippen LogP contribution < -0.4 is 0 Å². The average Bonchev–Trinajstić information content (AvgIpc) is 2.90. The van der Waals surface area contributed by atoms with E-state index in [1.807, 2.05) is 71.6 Å². The van der Waals surface area contributed by atoms with Crippen molar-refractivity contribution in [1.29, 1.82) is 0 Å². The van der Waals surface area contributed by atoms with Crippen molar-refractivity contribution >= 4 is 28.3 Å². The van der Waals surface area contributed by atoms with Gasteiger partial charge in [-0.3, -0.25) is 4.79 Å². The topological polar surface area (TPSA) is 20.3 Å². The van der Waals surface area contributed by atoms with Gasteiger partial charge >= 0.3 is 0 Å². The number of rotatable bonds is 7. The molecule has 5 aromatic rings. The Hall–Kier alpha value is -3.88. The van der Waals surface area contributed by atoms with Crippen LogP contribution in [0.1, 0.15) is 16.7 Å². The minimum Gasteiger partial charge on any atom is -0.334 e. The number of amides is 1. The summed E-state index contributed by atoms with van der Waals surface area (Å²) in [6.07, 6.45) is 0.280. The monoisotopic (exact) mass is 475 g/mol. The van der Waals surface area contributed by atoms with Gasteiger partial charge in [0.2, 0.25) is 5.91 Å². The predicted molar refractivity (Wildman–Crippen MR) is 145 cm³/mol. The number of hydrogen-bond acceptors (Lipinski definition) is 1. The Bertz CT molecular complexity index is 1440. The normalized spacial score (nSPS) is 10.9. The molecule has 0 aromatic heterocycles. The molecule has 0 N–H and O–H groups in total. The fourth-order valence-electron chi connectivity index (χ4n) is 4.55. The second kappa shape index (κ2) is 10.6. The van der Waals surface area contributed by atoms with Crippen LogP contribution in [0, 0.1) is 0 Å². The Morgan fingerprint density at radius 2 is 1.34 bits per heavy atom. The Morgan fingerprint density at radius 1 is 0.657 bits per heavy atom. The molecule has 35 heavy (non-hydrogen) atoms. The van der Waals surface area contributed by atoms with E-state index in [-0.39, 0.29) is 12.3 Å². The van der Waals surface area contributed by atoms with E-state index in [1.165, 1.54) is 10.8 Å². The Labute approximate surface area is 211 Å². The van der Waals surface area contributed by atoms with Crippen molar-refractivity contribution in [2.45, 2.75) is 19.5 Å². The molecule has 0 radical (unpaired) electrons. The molecule has 0 spiro atoms. The van der Waals surface area contributed by atoms with E-state index >= 15 is 0 Å². The summed E-state index contributed by atoms with van der Waals surface area (Å²) in [5.74, 6) is 0.0706. The number of hydrogen-bond donors (Lipinski definition) is 0. The standard InChI is InChI=1S/C32H26ClNO/c33-29-18-19-31(25-12-5-2-6-13-25)28(20-29)21-32(35)34(22-24-10-3-1-4-11-24)23-27-16-9-15-26-14-7-8-17-30(26)27/h1-20H,21-23H2. The van der Waals surface area contributed by atoms with Crippen molar-refractivity contribution in [3.8, 4) is 11.1 Å². The Morgan fingerprint density at radius 3 is 2.14 bits per heavy atom. The number of halogens is 1. The van der Waals surface area contributed by atoms with E-state index in [0.29, 0.717) is 18.1 Å². The zero-order valence-electron chi connectivity index (χ0n) is 19.4. The lowest BCUT2D eigenvalue weighted by molar-refractivity contribution is -0.131. The van der Waals surface area contributed by atoms with Crippen LogP contribution in [0.25, 0.3) is 21.9 Å². The molecule has 0 saturated heterocycles. The van der Waals surface area contributed by atoms with Crippen LogP contribution in [0.5, 0.6) is 0 Å². The highest BCUT2D eigenvalue weighted by molar-refractivity contribution is 6.30. The van der Waals surface area contributed by atoms with Crippen molar-refractivity contribution in [3.63, 3.8) is 0 Å². The van der Waals surface area contributed by atoms with Gasteiger partial charge in [-0.1, -0.05) is 121 Å². The Balaban J connectivity index is 1.49. The smallest absolute Gasteiger partial charge is 0.227 e. The minimum atomic E-state index is 0.0706. The lowest BCUT2D eigenvalue weighted by Gasteiger charge is -2.25. The van der Waals surface area contributed by atoms with Gasteiger partial charge in [0.15, 0.2) is 0 Å². The van der Waals surface area contributed by atoms with Crippen LogP contribution in [0.2, 0.25) is 5.02 Å². The lowest BCUT2D eigenvalue weighted by Crippen LogP contribution is -2.31. The molecule has 0 unspecified atom stereocenters. The first-order valence-electron chi connectivity index (χ1n) is 11.8. The molecule has 3 heteroatoms. The van der Waals surface area contributed by atoms with E-state index in [4.69, 9.17) is 11.6 Å². The van der Waals surface area contributed by atoms with Crippen LogP contribution in [-0.4, -0.2) is 10.8 Å². The molecular formula is C32H26ClNO. The lowest BCUT2D eigenvalue weighted by atomic mass is 9.97. The molecule has 0 bridgehead atoms. The first-order valence-corrected chi connectivity index (χ1v) is 12.2. The maximum atomic E-state index is 13.8. The highest BCUT2D eigenvalue weighted by Crippen LogP contribution is 2.28. The van der Waals surface area contributed by atoms with Crippen LogP contribution in [0.15, 0.2) is 121 Å². The predicted octanol–water partition coefficient (Wildman–Crippen LogP) is 7.93. The summed E-state index contributed by atoms with van der Waals surface area (Å²) in [5.41, 5.74) is 5.30. The van der Waals surface area contributed by atoms with Crippen LogP contribution in [0.4, 0.5) is 0 Å². The van der Waals surface area contributed by atoms with Gasteiger partial charge in [0.25, 0.3) is 0 Å². The van der Waals surface area contributed by atoms with Gasteiger partial charge in [-0.25, -0.2) is 0 Å². The largest absolute Gasteiger partial charge is 0.334 e. The summed E-state index contributed by atoms with van der Waals surface area (Å²) in [7, 11) is 0. The molecule has 2 nitrogen and oxygen atoms in total. The summed E-state index contributed by atoms with van der Waals surface area (Å²) >= 11 is 6.37. The third-order valence-electron chi connectivity index (χ3n) is 6.30. The minimum absolute atomic E-state index is 0.0706. The van der Waals surface area contributed by atoms with E-state index in [0.717, 1.165) is 27.8 Å². The molecule has 5 rings (SSSR count). The maximum Gasteiger partial charge on any atom is 0.227 e. The van der Waals surface area contributed by atoms with Crippen LogP contribution in [-0.2, 0) is 24.3 Å². The summed E-state index contributed by atoms with van der Waals surface area (Å²) in [6.45, 7) is 1.08. The van der Waals surface area contributed by atoms with Gasteiger partial charge in [-0.05, 0) is 50.7 Å². The third-order valence-corrected chi connectivity index (χ3v) is 6.54. The van der Waals surface area contributed by atoms with Crippen molar-refractivity contribution in [1.82, 2.24) is 4.90 Å². The molecule has 0 aliphatic rings. The molecule has 0 aliphatic heterocycles. The molecule has 0 aliphatic carbocycles. The van der Waals surface area contributed by atoms with E-state index in [9.17, 15) is 4.79 Å². The van der Waals surface area contributed by atoms with Gasteiger partial charge in [-0.15, -0.1) is 0 Å². The quantitative estimate of drug-likeness (QED) is 0.234. The van der Waals surface area contributed by atoms with Gasteiger partial charge in [-0.2, -0.15) is 0 Å². The number of carbonyl (C=O) groups excluding carboxylic acids is 1. The first-order chi connectivity index (χ1) is 17.2. The summed E-state index contributed by atoms with van der Waals surface area (Å²) in [6, 6.07) is 40.7. The van der Waals surface area contributed by atoms with E-state index in [2.05, 4.69) is 54.6 Å². The van der Waals surface area contributed by atoms with Gasteiger partial charge in [0, 0.05) is 18.1 Å². The molecule has 5 aromatic carbocycles. The number of carbonyl (C=O) groups is 1. The molecule has 1 amide bonds. The molecule has 172 valence electrons. The highest BCUT2D eigenvalue weighted by Gasteiger charge is 2.19. The fourth-order valence-corrected chi connectivity index (χ4v) is 4.75. The highest BCUT2D eigenvalue weighted by atomic mass is 35.5. The van der Waals surface area contributed by atoms with Crippen molar-refractivity contribution in [3.05, 3.63) is 143 Å². The SMILES string of the molecule is O=C(Cc1cc(Cl)ccc1-c1ccccc1)N(Cc1ccccc1)Cc1cccc2ccccc12. The summed E-state index contributed by atoms with van der Waals surface area (Å²) in [5, 5.41) is 2.99. The number of nitrogens with zero attached hydrogens (tertiary/aromatic N) is 1. The van der Waals surface area contributed by atoms with E-state index < -0.39 is 0 Å². The molecule has 0 heterocycles. The molecule has 0 fully saturated rings. The van der Waals surface area contributed by atoms with Crippen molar-refractivity contribution in [2.75, 3.05) is 0 Å². The second-order valence-corrected chi connectivity index (χ2v) is 9.15. The second-order valence-electron chi connectivity index (χ2n) is 8.72. The van der Waals surface area contributed by atoms with E-state index in [1.54, 1.807) is 0 Å². The zero-order chi connectivity index (χ0) is 24.0. The maximum absolute atomic E-state index is 13.8. The molecule has 0 atom stereocenters. The summed E-state index contributed by atoms with van der Waals surface area (Å²) < 4.78 is 0. The molecule has 0 saturated carbocycles. The number of fused-ring (bicyclic) bond motifs is 1. The zero-order valence-corrected chi connectivity index (χ0v) is 20.2. The van der Waals surface area contributed by atoms with Crippen LogP contribution >= 0.6 is 11.6 Å². The summed E-state index contributed by atoms with van der Waals surface area (Å²) in [4.78, 5) is 15.8. The molecular weight excluding hydrogens is 450 g/mol. The first kappa shape index (κ1) is 22.9. The fraction of sp³-hybridized carbons (Fsp3) is 0.0938. The van der Waals surface area contributed by atoms with Crippen molar-refractivity contribution in [2.24, 2.45) is 0 Å². The van der Waals surface area contributed by atoms with Gasteiger partial charge in [0.1, 0.15) is 0 Å². The average molecular weight is 476 g/mol. The van der Waals surface area contributed by atoms with Crippen LogP contribution in [0.3, 0.4) is 0 Å². The number of benzene rings is 5. The third kappa shape index (κ3) is 5.45. The van der Waals surface area contributed by atoms with Gasteiger partial charge < -0.3 is 4.90 Å². The van der Waals surface area contributed by atoms with Crippen molar-refractivity contribution < 1.29 is 4.79 Å². The van der Waals surface area contributed by atoms with Gasteiger partial charge in [0.05, 0.1) is 6.42 Å². The Kier molecular flexibility index (Phi) is 6.92.